The molecule has 32 heavy (non-hydrogen) atoms. The van der Waals surface area contributed by atoms with Gasteiger partial charge in [-0.3, -0.25) is 14.7 Å². The van der Waals surface area contributed by atoms with Gasteiger partial charge in [-0.25, -0.2) is 0 Å². The van der Waals surface area contributed by atoms with Crippen molar-refractivity contribution >= 4 is 16.8 Å². The fourth-order valence-electron chi connectivity index (χ4n) is 5.85. The number of nitrogens with zero attached hydrogens (tertiary/aromatic N) is 6. The van der Waals surface area contributed by atoms with Gasteiger partial charge in [0, 0.05) is 55.3 Å². The van der Waals surface area contributed by atoms with E-state index in [2.05, 4.69) is 24.6 Å². The molecule has 3 aliphatic rings. The zero-order chi connectivity index (χ0) is 21.5. The van der Waals surface area contributed by atoms with Crippen molar-refractivity contribution in [3.8, 4) is 0 Å². The molecule has 3 aromatic rings. The molecule has 6 rings (SSSR count). The minimum atomic E-state index is 0.103. The van der Waals surface area contributed by atoms with Crippen molar-refractivity contribution in [1.82, 2.24) is 29.5 Å². The highest BCUT2D eigenvalue weighted by Gasteiger charge is 2.33. The largest absolute Gasteiger partial charge is 0.338 e. The third-order valence-corrected chi connectivity index (χ3v) is 7.58. The first-order chi connectivity index (χ1) is 15.8. The highest BCUT2D eigenvalue weighted by Crippen LogP contribution is 2.31. The number of rotatable bonds is 3. The molecule has 0 bridgehead atoms. The van der Waals surface area contributed by atoms with Gasteiger partial charge in [-0.05, 0) is 49.9 Å². The van der Waals surface area contributed by atoms with Crippen LogP contribution in [0, 0.1) is 0 Å². The van der Waals surface area contributed by atoms with Gasteiger partial charge in [0.05, 0.1) is 12.1 Å². The van der Waals surface area contributed by atoms with E-state index >= 15 is 0 Å². The van der Waals surface area contributed by atoms with Gasteiger partial charge in [-0.15, -0.1) is 10.2 Å². The number of hydrogen-bond donors (Lipinski definition) is 0. The van der Waals surface area contributed by atoms with Crippen LogP contribution in [0.1, 0.15) is 66.4 Å². The molecular formula is C25H30N6O. The van der Waals surface area contributed by atoms with E-state index in [-0.39, 0.29) is 11.8 Å². The maximum absolute atomic E-state index is 13.3. The third-order valence-electron chi connectivity index (χ3n) is 7.58. The molecule has 2 fully saturated rings. The van der Waals surface area contributed by atoms with E-state index in [1.807, 2.05) is 35.2 Å². The van der Waals surface area contributed by atoms with Crippen LogP contribution in [0.3, 0.4) is 0 Å². The summed E-state index contributed by atoms with van der Waals surface area (Å²) in [4.78, 5) is 22.3. The molecule has 1 saturated carbocycles. The van der Waals surface area contributed by atoms with Crippen molar-refractivity contribution in [3.63, 3.8) is 0 Å². The summed E-state index contributed by atoms with van der Waals surface area (Å²) in [6.45, 7) is 4.49. The van der Waals surface area contributed by atoms with Gasteiger partial charge in [0.2, 0.25) is 0 Å². The Bertz CT molecular complexity index is 1130. The van der Waals surface area contributed by atoms with Crippen LogP contribution in [-0.2, 0) is 13.1 Å². The van der Waals surface area contributed by atoms with Crippen LogP contribution in [0.4, 0.5) is 0 Å². The molecule has 0 spiro atoms. The maximum atomic E-state index is 13.3. The Morgan fingerprint density at radius 2 is 1.88 bits per heavy atom. The average molecular weight is 431 g/mol. The molecule has 2 aromatic heterocycles. The number of pyridine rings is 1. The summed E-state index contributed by atoms with van der Waals surface area (Å²) in [6, 6.07) is 10.5. The Morgan fingerprint density at radius 3 is 2.78 bits per heavy atom. The summed E-state index contributed by atoms with van der Waals surface area (Å²) in [5.74, 6) is 2.54. The van der Waals surface area contributed by atoms with E-state index in [4.69, 9.17) is 0 Å². The molecule has 1 amide bonds. The normalized spacial score (nSPS) is 22.4. The number of likely N-dealkylation sites (tertiary alicyclic amines) is 1. The summed E-state index contributed by atoms with van der Waals surface area (Å²) < 4.78 is 2.34. The van der Waals surface area contributed by atoms with Crippen LogP contribution < -0.4 is 0 Å². The zero-order valence-corrected chi connectivity index (χ0v) is 18.5. The Hall–Kier alpha value is -2.80. The van der Waals surface area contributed by atoms with Crippen LogP contribution in [0.25, 0.3) is 10.9 Å². The number of hydrogen-bond acceptors (Lipinski definition) is 5. The fraction of sp³-hybridized carbons (Fsp3) is 0.520. The first kappa shape index (κ1) is 19.9. The Labute approximate surface area is 188 Å². The minimum absolute atomic E-state index is 0.103. The average Bonchev–Trinajstić information content (AvgIpc) is 3.53. The standard InChI is InChI=1S/C25H30N6O/c32-25(19-9-10-22-18(15-19)5-3-11-26-22)30-12-4-6-20(16-30)24-28-27-23-17-29(13-14-31(23)24)21-7-1-2-8-21/h3,5,9-11,15,20-21H,1-2,4,6-8,12-14,16-17H2. The second kappa shape index (κ2) is 8.28. The highest BCUT2D eigenvalue weighted by molar-refractivity contribution is 5.98. The number of piperidine rings is 1. The first-order valence-corrected chi connectivity index (χ1v) is 12.1. The molecule has 1 saturated heterocycles. The van der Waals surface area contributed by atoms with Gasteiger partial charge in [0.1, 0.15) is 11.6 Å². The van der Waals surface area contributed by atoms with Gasteiger partial charge >= 0.3 is 0 Å². The monoisotopic (exact) mass is 430 g/mol. The Kier molecular flexibility index (Phi) is 5.14. The lowest BCUT2D eigenvalue weighted by molar-refractivity contribution is 0.0702. The predicted molar refractivity (Wildman–Crippen MR) is 122 cm³/mol. The highest BCUT2D eigenvalue weighted by atomic mass is 16.2. The van der Waals surface area contributed by atoms with Crippen molar-refractivity contribution in [2.24, 2.45) is 0 Å². The summed E-state index contributed by atoms with van der Waals surface area (Å²) >= 11 is 0. The summed E-state index contributed by atoms with van der Waals surface area (Å²) in [5.41, 5.74) is 1.66. The van der Waals surface area contributed by atoms with Gasteiger partial charge in [0.15, 0.2) is 0 Å². The van der Waals surface area contributed by atoms with Crippen molar-refractivity contribution in [2.45, 2.75) is 63.6 Å². The van der Waals surface area contributed by atoms with Crippen LogP contribution in [0.5, 0.6) is 0 Å². The van der Waals surface area contributed by atoms with E-state index < -0.39 is 0 Å². The molecule has 1 unspecified atom stereocenters. The van der Waals surface area contributed by atoms with Crippen LogP contribution in [0.15, 0.2) is 36.5 Å². The molecule has 4 heterocycles. The number of aromatic nitrogens is 4. The predicted octanol–water partition coefficient (Wildman–Crippen LogP) is 3.60. The molecule has 2 aliphatic heterocycles. The smallest absolute Gasteiger partial charge is 0.253 e. The molecule has 1 aliphatic carbocycles. The number of carbonyl (C=O) groups is 1. The SMILES string of the molecule is O=C(c1ccc2ncccc2c1)N1CCCC(c2nnc3n2CCN(C2CCCC2)C3)C1. The lowest BCUT2D eigenvalue weighted by Crippen LogP contribution is -2.42. The molecule has 166 valence electrons. The maximum Gasteiger partial charge on any atom is 0.253 e. The lowest BCUT2D eigenvalue weighted by atomic mass is 9.96. The fourth-order valence-corrected chi connectivity index (χ4v) is 5.85. The van der Waals surface area contributed by atoms with E-state index in [0.29, 0.717) is 6.54 Å². The Balaban J connectivity index is 1.18. The molecule has 7 nitrogen and oxygen atoms in total. The minimum Gasteiger partial charge on any atom is -0.338 e. The Morgan fingerprint density at radius 1 is 0.969 bits per heavy atom. The molecule has 7 heteroatoms. The lowest BCUT2D eigenvalue weighted by Gasteiger charge is -2.35. The first-order valence-electron chi connectivity index (χ1n) is 12.1. The summed E-state index contributed by atoms with van der Waals surface area (Å²) in [5, 5.41) is 10.2. The van der Waals surface area contributed by atoms with Crippen LogP contribution >= 0.6 is 0 Å². The van der Waals surface area contributed by atoms with Gasteiger partial charge in [-0.1, -0.05) is 18.9 Å². The number of carbonyl (C=O) groups excluding carboxylic acids is 1. The van der Waals surface area contributed by atoms with Gasteiger partial charge < -0.3 is 9.47 Å². The van der Waals surface area contributed by atoms with Crippen molar-refractivity contribution < 1.29 is 4.79 Å². The molecule has 0 radical (unpaired) electrons. The van der Waals surface area contributed by atoms with Crippen LogP contribution in [0.2, 0.25) is 0 Å². The van der Waals surface area contributed by atoms with Gasteiger partial charge in [0.25, 0.3) is 5.91 Å². The van der Waals surface area contributed by atoms with E-state index in [0.717, 1.165) is 73.2 Å². The van der Waals surface area contributed by atoms with E-state index in [9.17, 15) is 4.79 Å². The van der Waals surface area contributed by atoms with E-state index in [1.54, 1.807) is 6.20 Å². The van der Waals surface area contributed by atoms with Crippen molar-refractivity contribution in [1.29, 1.82) is 0 Å². The second-order valence-electron chi connectivity index (χ2n) is 9.54. The molecule has 1 atom stereocenters. The number of amides is 1. The third kappa shape index (κ3) is 3.58. The van der Waals surface area contributed by atoms with Gasteiger partial charge in [-0.2, -0.15) is 0 Å². The molecule has 0 N–H and O–H groups in total. The number of benzene rings is 1. The molecular weight excluding hydrogens is 400 g/mol. The quantitative estimate of drug-likeness (QED) is 0.635. The molecule has 1 aromatic carbocycles. The van der Waals surface area contributed by atoms with Crippen molar-refractivity contribution in [3.05, 3.63) is 53.7 Å². The summed E-state index contributed by atoms with van der Waals surface area (Å²) in [7, 11) is 0. The zero-order valence-electron chi connectivity index (χ0n) is 18.5. The second-order valence-corrected chi connectivity index (χ2v) is 9.54. The van der Waals surface area contributed by atoms with Crippen LogP contribution in [-0.4, -0.2) is 61.1 Å². The number of fused-ring (bicyclic) bond motifs is 2. The topological polar surface area (TPSA) is 67.2 Å². The summed E-state index contributed by atoms with van der Waals surface area (Å²) in [6.07, 6.45) is 9.22. The van der Waals surface area contributed by atoms with E-state index in [1.165, 1.54) is 25.7 Å². The van der Waals surface area contributed by atoms with Crippen molar-refractivity contribution in [2.75, 3.05) is 19.6 Å².